The number of aromatic nitrogens is 2. The number of benzene rings is 4. The van der Waals surface area contributed by atoms with Gasteiger partial charge in [-0.25, -0.2) is 9.97 Å². The lowest BCUT2D eigenvalue weighted by molar-refractivity contribution is 0.346. The summed E-state index contributed by atoms with van der Waals surface area (Å²) in [6.45, 7) is 0. The number of hydrogen-bond acceptors (Lipinski definition) is 2. The van der Waals surface area contributed by atoms with Crippen LogP contribution in [-0.4, -0.2) is 9.97 Å². The molecule has 0 spiro atoms. The maximum absolute atomic E-state index is 5.11. The molecule has 2 aliphatic carbocycles. The molecule has 2 aliphatic rings. The monoisotopic (exact) mass is 544 g/mol. The van der Waals surface area contributed by atoms with Gasteiger partial charge in [0, 0.05) is 22.5 Å². The SMILES string of the molecule is C1=CCC(c2nc(-c3ccccc3)cc(-c3ccc(C4(c5ccc(-c6ccccc6)cc5)CCCCC4)cc3)n2)C=C1. The Morgan fingerprint density at radius 3 is 1.62 bits per heavy atom. The van der Waals surface area contributed by atoms with Gasteiger partial charge < -0.3 is 0 Å². The van der Waals surface area contributed by atoms with Gasteiger partial charge in [-0.05, 0) is 47.6 Å². The minimum Gasteiger partial charge on any atom is -0.232 e. The average Bonchev–Trinajstić information content (AvgIpc) is 3.10. The Morgan fingerprint density at radius 2 is 1.05 bits per heavy atom. The Labute approximate surface area is 249 Å². The van der Waals surface area contributed by atoms with E-state index >= 15 is 0 Å². The molecule has 0 amide bonds. The molecule has 1 saturated carbocycles. The third kappa shape index (κ3) is 5.25. The van der Waals surface area contributed by atoms with Crippen molar-refractivity contribution in [2.24, 2.45) is 0 Å². The molecule has 0 saturated heterocycles. The molecule has 7 rings (SSSR count). The maximum atomic E-state index is 5.11. The average molecular weight is 545 g/mol. The van der Waals surface area contributed by atoms with Crippen LogP contribution in [-0.2, 0) is 5.41 Å². The normalized spacial score (nSPS) is 17.7. The highest BCUT2D eigenvalue weighted by Crippen LogP contribution is 2.45. The smallest absolute Gasteiger partial charge is 0.136 e. The zero-order chi connectivity index (χ0) is 28.2. The lowest BCUT2D eigenvalue weighted by atomic mass is 9.65. The molecular weight excluding hydrogens is 508 g/mol. The largest absolute Gasteiger partial charge is 0.232 e. The summed E-state index contributed by atoms with van der Waals surface area (Å²) in [6.07, 6.45) is 15.8. The highest BCUT2D eigenvalue weighted by atomic mass is 14.9. The summed E-state index contributed by atoms with van der Waals surface area (Å²) in [5.41, 5.74) is 9.66. The van der Waals surface area contributed by atoms with Gasteiger partial charge in [-0.1, -0.05) is 153 Å². The fraction of sp³-hybridized carbons (Fsp3) is 0.200. The highest BCUT2D eigenvalue weighted by molar-refractivity contribution is 5.69. The molecule has 42 heavy (non-hydrogen) atoms. The van der Waals surface area contributed by atoms with E-state index in [4.69, 9.17) is 9.97 Å². The van der Waals surface area contributed by atoms with Crippen LogP contribution in [0.3, 0.4) is 0 Å². The van der Waals surface area contributed by atoms with Crippen LogP contribution < -0.4 is 0 Å². The summed E-state index contributed by atoms with van der Waals surface area (Å²) in [5.74, 6) is 1.08. The van der Waals surface area contributed by atoms with Crippen molar-refractivity contribution in [3.05, 3.63) is 157 Å². The van der Waals surface area contributed by atoms with Crippen LogP contribution in [0, 0.1) is 0 Å². The van der Waals surface area contributed by atoms with Gasteiger partial charge in [0.25, 0.3) is 0 Å². The summed E-state index contributed by atoms with van der Waals surface area (Å²) in [6, 6.07) is 41.9. The van der Waals surface area contributed by atoms with Gasteiger partial charge >= 0.3 is 0 Å². The molecular formula is C40H36N2. The van der Waals surface area contributed by atoms with Crippen molar-refractivity contribution >= 4 is 0 Å². The van der Waals surface area contributed by atoms with Crippen molar-refractivity contribution < 1.29 is 0 Å². The third-order valence-corrected chi connectivity index (χ3v) is 9.11. The molecule has 0 N–H and O–H groups in total. The number of hydrogen-bond donors (Lipinski definition) is 0. The van der Waals surface area contributed by atoms with Gasteiger partial charge in [0.1, 0.15) is 5.82 Å². The molecule has 1 fully saturated rings. The predicted octanol–water partition coefficient (Wildman–Crippen LogP) is 10.3. The molecule has 0 radical (unpaired) electrons. The van der Waals surface area contributed by atoms with Gasteiger partial charge in [-0.2, -0.15) is 0 Å². The second kappa shape index (κ2) is 11.7. The van der Waals surface area contributed by atoms with E-state index in [1.54, 1.807) is 0 Å². The lowest BCUT2D eigenvalue weighted by Crippen LogP contribution is -2.30. The van der Waals surface area contributed by atoms with E-state index < -0.39 is 0 Å². The molecule has 4 aromatic carbocycles. The first-order chi connectivity index (χ1) is 20.8. The third-order valence-electron chi connectivity index (χ3n) is 9.11. The first-order valence-electron chi connectivity index (χ1n) is 15.3. The highest BCUT2D eigenvalue weighted by Gasteiger charge is 2.35. The van der Waals surface area contributed by atoms with Gasteiger partial charge in [-0.3, -0.25) is 0 Å². The van der Waals surface area contributed by atoms with Crippen molar-refractivity contribution in [2.45, 2.75) is 49.9 Å². The lowest BCUT2D eigenvalue weighted by Gasteiger charge is -2.39. The summed E-state index contributed by atoms with van der Waals surface area (Å²) in [5, 5.41) is 0. The van der Waals surface area contributed by atoms with Crippen molar-refractivity contribution in [3.63, 3.8) is 0 Å². The Balaban J connectivity index is 1.25. The number of rotatable bonds is 6. The molecule has 1 atom stereocenters. The molecule has 5 aromatic rings. The van der Waals surface area contributed by atoms with Crippen molar-refractivity contribution in [3.8, 4) is 33.6 Å². The second-order valence-electron chi connectivity index (χ2n) is 11.7. The molecule has 0 aliphatic heterocycles. The Bertz CT molecular complexity index is 1690. The predicted molar refractivity (Wildman–Crippen MR) is 174 cm³/mol. The van der Waals surface area contributed by atoms with Crippen LogP contribution in [0.25, 0.3) is 33.6 Å². The van der Waals surface area contributed by atoms with E-state index in [1.807, 2.05) is 0 Å². The summed E-state index contributed by atoms with van der Waals surface area (Å²) in [7, 11) is 0. The Morgan fingerprint density at radius 1 is 0.524 bits per heavy atom. The van der Waals surface area contributed by atoms with Crippen molar-refractivity contribution in [2.75, 3.05) is 0 Å². The standard InChI is InChI=1S/C40H36N2/c1-5-13-30(14-6-1)31-19-23-35(24-20-31)40(27-11-4-12-28-40)36-25-21-33(22-26-36)38-29-37(32-15-7-2-8-16-32)41-39(42-38)34-17-9-3-10-18-34/h1-3,5-10,13-17,19-26,29,34H,4,11-12,18,27-28H2. The first-order valence-corrected chi connectivity index (χ1v) is 15.3. The molecule has 2 nitrogen and oxygen atoms in total. The van der Waals surface area contributed by atoms with Crippen LogP contribution in [0.1, 0.15) is 61.4 Å². The van der Waals surface area contributed by atoms with E-state index in [0.717, 1.165) is 34.8 Å². The van der Waals surface area contributed by atoms with Gasteiger partial charge in [-0.15, -0.1) is 0 Å². The van der Waals surface area contributed by atoms with Crippen LogP contribution in [0.4, 0.5) is 0 Å². The zero-order valence-corrected chi connectivity index (χ0v) is 24.0. The van der Waals surface area contributed by atoms with E-state index in [1.165, 1.54) is 54.4 Å². The van der Waals surface area contributed by atoms with Crippen molar-refractivity contribution in [1.29, 1.82) is 0 Å². The molecule has 2 heteroatoms. The Hall–Kier alpha value is -4.56. The van der Waals surface area contributed by atoms with E-state index in [0.29, 0.717) is 0 Å². The fourth-order valence-electron chi connectivity index (χ4n) is 6.78. The number of allylic oxidation sites excluding steroid dienone is 4. The van der Waals surface area contributed by atoms with Gasteiger partial charge in [0.05, 0.1) is 11.4 Å². The molecule has 1 aromatic heterocycles. The van der Waals surface area contributed by atoms with Crippen LogP contribution in [0.2, 0.25) is 0 Å². The summed E-state index contributed by atoms with van der Waals surface area (Å²) in [4.78, 5) is 10.1. The van der Waals surface area contributed by atoms with Crippen molar-refractivity contribution in [1.82, 2.24) is 9.97 Å². The first kappa shape index (κ1) is 26.3. The molecule has 206 valence electrons. The summed E-state index contributed by atoms with van der Waals surface area (Å²) >= 11 is 0. The second-order valence-corrected chi connectivity index (χ2v) is 11.7. The number of nitrogens with zero attached hydrogens (tertiary/aromatic N) is 2. The van der Waals surface area contributed by atoms with Crippen LogP contribution >= 0.6 is 0 Å². The summed E-state index contributed by atoms with van der Waals surface area (Å²) < 4.78 is 0. The minimum absolute atomic E-state index is 0.0528. The van der Waals surface area contributed by atoms with Gasteiger partial charge in [0.2, 0.25) is 0 Å². The quantitative estimate of drug-likeness (QED) is 0.212. The maximum Gasteiger partial charge on any atom is 0.136 e. The van der Waals surface area contributed by atoms with Gasteiger partial charge in [0.15, 0.2) is 0 Å². The molecule has 1 heterocycles. The molecule has 1 unspecified atom stereocenters. The molecule has 0 bridgehead atoms. The minimum atomic E-state index is 0.0528. The van der Waals surface area contributed by atoms with Crippen LogP contribution in [0.5, 0.6) is 0 Å². The van der Waals surface area contributed by atoms with E-state index in [9.17, 15) is 0 Å². The van der Waals surface area contributed by atoms with E-state index in [2.05, 4.69) is 140 Å². The van der Waals surface area contributed by atoms with E-state index in [-0.39, 0.29) is 11.3 Å². The zero-order valence-electron chi connectivity index (χ0n) is 24.0. The van der Waals surface area contributed by atoms with Crippen LogP contribution in [0.15, 0.2) is 140 Å². The topological polar surface area (TPSA) is 25.8 Å². The Kier molecular flexibility index (Phi) is 7.36. The fourth-order valence-corrected chi connectivity index (χ4v) is 6.78.